The summed E-state index contributed by atoms with van der Waals surface area (Å²) in [4.78, 5) is 18.9. The van der Waals surface area contributed by atoms with E-state index < -0.39 is 0 Å². The van der Waals surface area contributed by atoms with Crippen LogP contribution >= 0.6 is 11.8 Å². The Morgan fingerprint density at radius 3 is 2.63 bits per heavy atom. The molecule has 1 aliphatic rings. The molecule has 1 aromatic rings. The number of nitrogens with one attached hydrogen (secondary N) is 3. The number of aliphatic imine (C=N–C) groups is 1. The van der Waals surface area contributed by atoms with Crippen molar-refractivity contribution in [2.75, 3.05) is 44.7 Å². The van der Waals surface area contributed by atoms with Crippen molar-refractivity contribution in [3.8, 4) is 0 Å². The molecule has 10 heteroatoms. The highest BCUT2D eigenvalue weighted by atomic mass is 32.2. The van der Waals surface area contributed by atoms with E-state index in [4.69, 9.17) is 4.99 Å². The minimum Gasteiger partial charge on any atom is -0.356 e. The molecule has 0 aliphatic carbocycles. The number of thioether (sulfide) groups is 1. The summed E-state index contributed by atoms with van der Waals surface area (Å²) >= 11 is 1.85. The van der Waals surface area contributed by atoms with E-state index in [2.05, 4.69) is 44.2 Å². The molecule has 9 nitrogen and oxygen atoms in total. The highest BCUT2D eigenvalue weighted by Crippen LogP contribution is 2.10. The smallest absolute Gasteiger partial charge is 0.234 e. The number of piperidine rings is 1. The fourth-order valence-corrected chi connectivity index (χ4v) is 3.70. The van der Waals surface area contributed by atoms with Crippen LogP contribution in [0.25, 0.3) is 0 Å². The van der Waals surface area contributed by atoms with Gasteiger partial charge in [-0.05, 0) is 44.6 Å². The summed E-state index contributed by atoms with van der Waals surface area (Å²) in [6.45, 7) is 8.47. The van der Waals surface area contributed by atoms with Crippen molar-refractivity contribution in [3.63, 3.8) is 0 Å². The molecule has 1 fully saturated rings. The van der Waals surface area contributed by atoms with Crippen molar-refractivity contribution in [1.29, 1.82) is 0 Å². The van der Waals surface area contributed by atoms with Crippen LogP contribution in [-0.4, -0.2) is 82.3 Å². The Morgan fingerprint density at radius 2 is 2.00 bits per heavy atom. The van der Waals surface area contributed by atoms with Crippen molar-refractivity contribution in [2.24, 2.45) is 12.0 Å². The Bertz CT molecular complexity index is 670. The van der Waals surface area contributed by atoms with E-state index in [1.807, 2.05) is 30.3 Å². The number of guanidine groups is 1. The van der Waals surface area contributed by atoms with Gasteiger partial charge in [0.2, 0.25) is 5.91 Å². The van der Waals surface area contributed by atoms with Crippen LogP contribution in [0.2, 0.25) is 0 Å². The van der Waals surface area contributed by atoms with Crippen LogP contribution in [-0.2, 0) is 18.4 Å². The first-order valence-electron chi connectivity index (χ1n) is 10.9. The van der Waals surface area contributed by atoms with E-state index in [9.17, 15) is 4.79 Å². The summed E-state index contributed by atoms with van der Waals surface area (Å²) < 4.78 is 1.97. The zero-order chi connectivity index (χ0) is 21.8. The SMILES string of the molecule is CCCNC(=O)CN1CCC(NC(=NCc2nnc(C)n2C)NCCCSC)CC1. The Balaban J connectivity index is 1.85. The molecule has 30 heavy (non-hydrogen) atoms. The number of hydrogen-bond acceptors (Lipinski definition) is 6. The largest absolute Gasteiger partial charge is 0.356 e. The molecule has 0 saturated carbocycles. The van der Waals surface area contributed by atoms with Gasteiger partial charge in [-0.15, -0.1) is 10.2 Å². The quantitative estimate of drug-likeness (QED) is 0.268. The molecule has 2 rings (SSSR count). The summed E-state index contributed by atoms with van der Waals surface area (Å²) in [7, 11) is 1.96. The Labute approximate surface area is 184 Å². The van der Waals surface area contributed by atoms with Gasteiger partial charge in [-0.2, -0.15) is 11.8 Å². The number of hydrogen-bond donors (Lipinski definition) is 3. The highest BCUT2D eigenvalue weighted by Gasteiger charge is 2.21. The third kappa shape index (κ3) is 8.51. The lowest BCUT2D eigenvalue weighted by Crippen LogP contribution is -2.50. The van der Waals surface area contributed by atoms with Crippen molar-refractivity contribution in [1.82, 2.24) is 35.6 Å². The average Bonchev–Trinajstić information content (AvgIpc) is 3.06. The maximum Gasteiger partial charge on any atom is 0.234 e. The lowest BCUT2D eigenvalue weighted by Gasteiger charge is -2.32. The average molecular weight is 439 g/mol. The Morgan fingerprint density at radius 1 is 1.23 bits per heavy atom. The molecule has 0 unspecified atom stereocenters. The molecule has 1 aromatic heterocycles. The zero-order valence-electron chi connectivity index (χ0n) is 18.9. The Kier molecular flexibility index (Phi) is 11.0. The van der Waals surface area contributed by atoms with Gasteiger partial charge >= 0.3 is 0 Å². The summed E-state index contributed by atoms with van der Waals surface area (Å²) in [6.07, 6.45) is 6.18. The standard InChI is InChI=1S/C20H38N8OS/c1-5-9-21-19(29)15-28-11-7-17(8-12-28)24-20(22-10-6-13-30-4)23-14-18-26-25-16(2)27(18)3/h17H,5-15H2,1-4H3,(H,21,29)(H2,22,23,24). The Hall–Kier alpha value is -1.81. The topological polar surface area (TPSA) is 99.5 Å². The molecular weight excluding hydrogens is 400 g/mol. The summed E-state index contributed by atoms with van der Waals surface area (Å²) in [5.41, 5.74) is 0. The van der Waals surface area contributed by atoms with E-state index in [-0.39, 0.29) is 5.91 Å². The van der Waals surface area contributed by atoms with Crippen LogP contribution in [0.3, 0.4) is 0 Å². The third-order valence-electron chi connectivity index (χ3n) is 5.25. The van der Waals surface area contributed by atoms with Crippen molar-refractivity contribution in [3.05, 3.63) is 11.6 Å². The molecule has 0 atom stereocenters. The second-order valence-corrected chi connectivity index (χ2v) is 8.69. The van der Waals surface area contributed by atoms with Gasteiger partial charge in [0, 0.05) is 39.3 Å². The lowest BCUT2D eigenvalue weighted by molar-refractivity contribution is -0.122. The molecule has 1 saturated heterocycles. The maximum absolute atomic E-state index is 11.9. The number of aryl methyl sites for hydroxylation is 1. The van der Waals surface area contributed by atoms with Crippen molar-refractivity contribution in [2.45, 2.75) is 52.1 Å². The molecule has 0 radical (unpaired) electrons. The van der Waals surface area contributed by atoms with Crippen molar-refractivity contribution >= 4 is 23.6 Å². The molecule has 2 heterocycles. The first kappa shape index (κ1) is 24.5. The summed E-state index contributed by atoms with van der Waals surface area (Å²) in [6, 6.07) is 0.355. The first-order chi connectivity index (χ1) is 14.5. The molecule has 0 bridgehead atoms. The van der Waals surface area contributed by atoms with Gasteiger partial charge in [0.1, 0.15) is 12.4 Å². The number of aromatic nitrogens is 3. The van der Waals surface area contributed by atoms with Crippen LogP contribution in [0.5, 0.6) is 0 Å². The second kappa shape index (κ2) is 13.5. The first-order valence-corrected chi connectivity index (χ1v) is 12.3. The van der Waals surface area contributed by atoms with Gasteiger partial charge in [0.05, 0.1) is 6.54 Å². The molecule has 0 spiro atoms. The predicted molar refractivity (Wildman–Crippen MR) is 124 cm³/mol. The highest BCUT2D eigenvalue weighted by molar-refractivity contribution is 7.98. The van der Waals surface area contributed by atoms with Crippen molar-refractivity contribution < 1.29 is 4.79 Å². The van der Waals surface area contributed by atoms with Crippen LogP contribution in [0, 0.1) is 6.92 Å². The van der Waals surface area contributed by atoms with Gasteiger partial charge < -0.3 is 20.5 Å². The predicted octanol–water partition coefficient (Wildman–Crippen LogP) is 0.902. The van der Waals surface area contributed by atoms with Gasteiger partial charge in [-0.25, -0.2) is 4.99 Å². The summed E-state index contributed by atoms with van der Waals surface area (Å²) in [5, 5.41) is 18.3. The number of likely N-dealkylation sites (tertiary alicyclic amines) is 1. The number of nitrogens with zero attached hydrogens (tertiary/aromatic N) is 5. The van der Waals surface area contributed by atoms with Crippen LogP contribution in [0.4, 0.5) is 0 Å². The number of carbonyl (C=O) groups is 1. The molecule has 0 aromatic carbocycles. The van der Waals surface area contributed by atoms with E-state index in [0.717, 1.165) is 75.2 Å². The third-order valence-corrected chi connectivity index (χ3v) is 5.94. The number of carbonyl (C=O) groups excluding carboxylic acids is 1. The van der Waals surface area contributed by atoms with Gasteiger partial charge in [-0.1, -0.05) is 6.92 Å². The molecule has 170 valence electrons. The normalized spacial score (nSPS) is 15.9. The van der Waals surface area contributed by atoms with E-state index in [0.29, 0.717) is 19.1 Å². The molecule has 1 aliphatic heterocycles. The van der Waals surface area contributed by atoms with Gasteiger partial charge in [-0.3, -0.25) is 9.69 Å². The molecule has 3 N–H and O–H groups in total. The number of rotatable bonds is 11. The monoisotopic (exact) mass is 438 g/mol. The van der Waals surface area contributed by atoms with Crippen LogP contribution in [0.15, 0.2) is 4.99 Å². The molecule has 1 amide bonds. The van der Waals surface area contributed by atoms with E-state index >= 15 is 0 Å². The molecular formula is C20H38N8OS. The second-order valence-electron chi connectivity index (χ2n) is 7.71. The van der Waals surface area contributed by atoms with Gasteiger partial charge in [0.25, 0.3) is 0 Å². The number of amides is 1. The lowest BCUT2D eigenvalue weighted by atomic mass is 10.1. The minimum absolute atomic E-state index is 0.125. The fraction of sp³-hybridized carbons (Fsp3) is 0.800. The summed E-state index contributed by atoms with van der Waals surface area (Å²) in [5.74, 6) is 3.82. The van der Waals surface area contributed by atoms with Crippen LogP contribution in [0.1, 0.15) is 44.3 Å². The maximum atomic E-state index is 11.9. The fourth-order valence-electron chi connectivity index (χ4n) is 3.27. The van der Waals surface area contributed by atoms with E-state index in [1.165, 1.54) is 0 Å². The van der Waals surface area contributed by atoms with E-state index in [1.54, 1.807) is 0 Å². The zero-order valence-corrected chi connectivity index (χ0v) is 19.7. The minimum atomic E-state index is 0.125. The van der Waals surface area contributed by atoms with Crippen LogP contribution < -0.4 is 16.0 Å². The van der Waals surface area contributed by atoms with Gasteiger partial charge in [0.15, 0.2) is 11.8 Å².